The number of aromatic nitrogens is 1. The van der Waals surface area contributed by atoms with Crippen LogP contribution in [-0.2, 0) is 4.79 Å². The van der Waals surface area contributed by atoms with Crippen molar-refractivity contribution in [2.45, 2.75) is 37.7 Å². The zero-order valence-corrected chi connectivity index (χ0v) is 17.6. The first kappa shape index (κ1) is 19.8. The largest absolute Gasteiger partial charge is 0.490 e. The van der Waals surface area contributed by atoms with Crippen LogP contribution in [0, 0.1) is 5.92 Å². The Labute approximate surface area is 182 Å². The third-order valence-electron chi connectivity index (χ3n) is 6.41. The summed E-state index contributed by atoms with van der Waals surface area (Å²) in [6.07, 6.45) is 7.61. The van der Waals surface area contributed by atoms with Crippen LogP contribution >= 0.6 is 0 Å². The molecule has 3 heterocycles. The maximum absolute atomic E-state index is 12.4. The van der Waals surface area contributed by atoms with E-state index in [2.05, 4.69) is 16.4 Å². The minimum atomic E-state index is -0.0819. The van der Waals surface area contributed by atoms with Gasteiger partial charge < -0.3 is 19.9 Å². The zero-order chi connectivity index (χ0) is 21.2. The van der Waals surface area contributed by atoms with Crippen molar-refractivity contribution in [2.24, 2.45) is 5.92 Å². The van der Waals surface area contributed by atoms with E-state index in [0.717, 1.165) is 50.2 Å². The van der Waals surface area contributed by atoms with Crippen LogP contribution in [0.25, 0.3) is 0 Å². The second kappa shape index (κ2) is 8.57. The summed E-state index contributed by atoms with van der Waals surface area (Å²) in [5.74, 6) is 1.77. The summed E-state index contributed by atoms with van der Waals surface area (Å²) in [6, 6.07) is 11.4. The molecule has 0 radical (unpaired) electrons. The molecule has 3 aliphatic rings. The highest BCUT2D eigenvalue weighted by atomic mass is 16.5. The summed E-state index contributed by atoms with van der Waals surface area (Å²) in [4.78, 5) is 32.5. The average molecular weight is 421 g/mol. The summed E-state index contributed by atoms with van der Waals surface area (Å²) in [7, 11) is 0. The number of nitrogens with one attached hydrogen (secondary N) is 1. The normalized spacial score (nSPS) is 19.6. The fourth-order valence-corrected chi connectivity index (χ4v) is 4.27. The number of anilines is 1. The Morgan fingerprint density at radius 3 is 2.35 bits per heavy atom. The van der Waals surface area contributed by atoms with Crippen molar-refractivity contribution < 1.29 is 14.3 Å². The number of urea groups is 1. The fraction of sp³-hybridized carbons (Fsp3) is 0.458. The van der Waals surface area contributed by atoms with Crippen LogP contribution in [0.4, 0.5) is 10.5 Å². The van der Waals surface area contributed by atoms with Crippen LogP contribution in [0.2, 0.25) is 0 Å². The lowest BCUT2D eigenvalue weighted by molar-refractivity contribution is -0.134. The number of piperidine rings is 1. The first-order valence-electron chi connectivity index (χ1n) is 11.2. The molecule has 31 heavy (non-hydrogen) atoms. The molecule has 1 N–H and O–H groups in total. The molecule has 0 bridgehead atoms. The molecule has 0 unspecified atom stereocenters. The first-order chi connectivity index (χ1) is 15.2. The minimum Gasteiger partial charge on any atom is -0.490 e. The van der Waals surface area contributed by atoms with Crippen molar-refractivity contribution >= 4 is 17.6 Å². The lowest BCUT2D eigenvalue weighted by Crippen LogP contribution is -2.50. The molecule has 2 saturated heterocycles. The van der Waals surface area contributed by atoms with Crippen molar-refractivity contribution in [1.29, 1.82) is 0 Å². The van der Waals surface area contributed by atoms with Crippen molar-refractivity contribution in [3.8, 4) is 5.75 Å². The average Bonchev–Trinajstić information content (AvgIpc) is 3.60. The van der Waals surface area contributed by atoms with E-state index in [1.165, 1.54) is 5.56 Å². The molecule has 7 heteroatoms. The van der Waals surface area contributed by atoms with Gasteiger partial charge in [0.1, 0.15) is 11.9 Å². The fourth-order valence-electron chi connectivity index (χ4n) is 4.27. The van der Waals surface area contributed by atoms with Gasteiger partial charge in [-0.2, -0.15) is 0 Å². The molecule has 0 atom stereocenters. The second-order valence-electron chi connectivity index (χ2n) is 8.76. The summed E-state index contributed by atoms with van der Waals surface area (Å²) < 4.78 is 6.10. The molecule has 5 rings (SSSR count). The number of likely N-dealkylation sites (tertiary alicyclic amines) is 2. The number of carbonyl (C=O) groups is 2. The monoisotopic (exact) mass is 420 g/mol. The molecule has 1 aliphatic carbocycles. The molecular formula is C24H28N4O3. The second-order valence-corrected chi connectivity index (χ2v) is 8.76. The predicted octanol–water partition coefficient (Wildman–Crippen LogP) is 3.49. The van der Waals surface area contributed by atoms with E-state index in [-0.39, 0.29) is 18.1 Å². The van der Waals surface area contributed by atoms with Gasteiger partial charge in [0.05, 0.1) is 0 Å². The highest BCUT2D eigenvalue weighted by Gasteiger charge is 2.35. The van der Waals surface area contributed by atoms with Gasteiger partial charge >= 0.3 is 6.03 Å². The van der Waals surface area contributed by atoms with E-state index in [9.17, 15) is 9.59 Å². The van der Waals surface area contributed by atoms with Gasteiger partial charge in [-0.15, -0.1) is 0 Å². The number of nitrogens with zero attached hydrogens (tertiary/aromatic N) is 3. The molecule has 2 aliphatic heterocycles. The number of hydrogen-bond donors (Lipinski definition) is 1. The van der Waals surface area contributed by atoms with E-state index in [1.54, 1.807) is 11.1 Å². The maximum Gasteiger partial charge on any atom is 0.321 e. The van der Waals surface area contributed by atoms with Gasteiger partial charge in [-0.3, -0.25) is 9.78 Å². The zero-order valence-electron chi connectivity index (χ0n) is 17.6. The van der Waals surface area contributed by atoms with Crippen LogP contribution < -0.4 is 10.1 Å². The number of hydrogen-bond acceptors (Lipinski definition) is 4. The van der Waals surface area contributed by atoms with E-state index in [4.69, 9.17) is 4.74 Å². The smallest absolute Gasteiger partial charge is 0.321 e. The molecule has 0 spiro atoms. The van der Waals surface area contributed by atoms with Crippen molar-refractivity contribution in [1.82, 2.24) is 14.8 Å². The summed E-state index contributed by atoms with van der Waals surface area (Å²) >= 11 is 0. The van der Waals surface area contributed by atoms with Gasteiger partial charge in [-0.1, -0.05) is 6.07 Å². The van der Waals surface area contributed by atoms with Gasteiger partial charge in [0.25, 0.3) is 0 Å². The number of pyridine rings is 1. The molecule has 2 aromatic rings. The Morgan fingerprint density at radius 2 is 1.71 bits per heavy atom. The summed E-state index contributed by atoms with van der Waals surface area (Å²) in [5.41, 5.74) is 1.93. The molecule has 3 amide bonds. The highest BCUT2D eigenvalue weighted by Crippen LogP contribution is 2.32. The predicted molar refractivity (Wildman–Crippen MR) is 117 cm³/mol. The topological polar surface area (TPSA) is 74.8 Å². The van der Waals surface area contributed by atoms with Crippen molar-refractivity contribution in [3.05, 3.63) is 54.4 Å². The molecule has 7 nitrogen and oxygen atoms in total. The van der Waals surface area contributed by atoms with Crippen molar-refractivity contribution in [3.63, 3.8) is 0 Å². The summed E-state index contributed by atoms with van der Waals surface area (Å²) in [6.45, 7) is 2.98. The van der Waals surface area contributed by atoms with Gasteiger partial charge in [0.15, 0.2) is 0 Å². The highest BCUT2D eigenvalue weighted by molar-refractivity contribution is 5.90. The Kier molecular flexibility index (Phi) is 5.49. The van der Waals surface area contributed by atoms with Crippen molar-refractivity contribution in [2.75, 3.05) is 31.5 Å². The van der Waals surface area contributed by atoms with Crippen LogP contribution in [0.1, 0.15) is 37.2 Å². The van der Waals surface area contributed by atoms with E-state index >= 15 is 0 Å². The Hall–Kier alpha value is -3.09. The van der Waals surface area contributed by atoms with Gasteiger partial charge in [0, 0.05) is 68.9 Å². The molecule has 1 aromatic carbocycles. The molecular weight excluding hydrogens is 392 g/mol. The standard InChI is InChI=1S/C24H28N4O3/c29-23(17-3-4-17)27-12-9-22(10-13-27)31-21-7-5-20(6-8-21)26-24(30)28-15-19(16-28)18-2-1-11-25-14-18/h1-2,5-8,11,14,17,19,22H,3-4,9-10,12-13,15-16H2,(H,26,30). The van der Waals surface area contributed by atoms with Crippen LogP contribution in [0.15, 0.2) is 48.8 Å². The lowest BCUT2D eigenvalue weighted by atomic mass is 9.93. The molecule has 1 saturated carbocycles. The number of ether oxygens (including phenoxy) is 1. The molecule has 162 valence electrons. The SMILES string of the molecule is O=C(Nc1ccc(OC2CCN(C(=O)C3CC3)CC2)cc1)N1CC(c2cccnc2)C1. The lowest BCUT2D eigenvalue weighted by Gasteiger charge is -2.39. The number of rotatable bonds is 5. The van der Waals surface area contributed by atoms with Gasteiger partial charge in [0.2, 0.25) is 5.91 Å². The number of benzene rings is 1. The van der Waals surface area contributed by atoms with E-state index in [0.29, 0.717) is 24.9 Å². The number of amides is 3. The number of carbonyl (C=O) groups excluding carboxylic acids is 2. The van der Waals surface area contributed by atoms with Crippen LogP contribution in [-0.4, -0.2) is 59.0 Å². The maximum atomic E-state index is 12.4. The third-order valence-corrected chi connectivity index (χ3v) is 6.41. The third kappa shape index (κ3) is 4.65. The van der Waals surface area contributed by atoms with E-state index < -0.39 is 0 Å². The minimum absolute atomic E-state index is 0.0819. The quantitative estimate of drug-likeness (QED) is 0.804. The Morgan fingerprint density at radius 1 is 0.968 bits per heavy atom. The first-order valence-corrected chi connectivity index (χ1v) is 11.2. The van der Waals surface area contributed by atoms with Crippen LogP contribution in [0.3, 0.4) is 0 Å². The van der Waals surface area contributed by atoms with Gasteiger partial charge in [-0.25, -0.2) is 4.79 Å². The molecule has 3 fully saturated rings. The van der Waals surface area contributed by atoms with Crippen LogP contribution in [0.5, 0.6) is 5.75 Å². The van der Waals surface area contributed by atoms with Gasteiger partial charge in [-0.05, 0) is 48.7 Å². The molecule has 1 aromatic heterocycles. The Bertz CT molecular complexity index is 916. The summed E-state index contributed by atoms with van der Waals surface area (Å²) in [5, 5.41) is 2.95. The Balaban J connectivity index is 1.06. The van der Waals surface area contributed by atoms with E-state index in [1.807, 2.05) is 41.4 Å².